The van der Waals surface area contributed by atoms with Gasteiger partial charge in [0.2, 0.25) is 5.91 Å². The van der Waals surface area contributed by atoms with E-state index >= 15 is 0 Å². The Kier molecular flexibility index (Phi) is 5.49. The van der Waals surface area contributed by atoms with E-state index in [1.54, 1.807) is 7.05 Å². The van der Waals surface area contributed by atoms with Gasteiger partial charge in [-0.3, -0.25) is 9.69 Å². The third-order valence-electron chi connectivity index (χ3n) is 4.43. The Morgan fingerprint density at radius 3 is 2.71 bits per heavy atom. The lowest BCUT2D eigenvalue weighted by Crippen LogP contribution is -2.48. The molecule has 1 N–H and O–H groups in total. The molecule has 1 heterocycles. The Balaban J connectivity index is 1.70. The zero-order chi connectivity index (χ0) is 16.8. The average molecular weight is 324 g/mol. The highest BCUT2D eigenvalue weighted by molar-refractivity contribution is 5.81. The number of likely N-dealkylation sites (tertiary alicyclic amines) is 1. The fourth-order valence-corrected chi connectivity index (χ4v) is 3.21. The first-order chi connectivity index (χ1) is 11.8. The zero-order valence-electron chi connectivity index (χ0n) is 14.1. The van der Waals surface area contributed by atoms with Crippen LogP contribution in [0.2, 0.25) is 0 Å². The number of carbonyl (C=O) groups excluding carboxylic acids is 1. The third-order valence-corrected chi connectivity index (χ3v) is 4.43. The predicted molar refractivity (Wildman–Crippen MR) is 95.1 cm³/mol. The summed E-state index contributed by atoms with van der Waals surface area (Å²) in [5.41, 5.74) is 1.17. The quantitative estimate of drug-likeness (QED) is 0.914. The molecular weight excluding hydrogens is 300 g/mol. The van der Waals surface area contributed by atoms with Crippen molar-refractivity contribution < 1.29 is 9.53 Å². The van der Waals surface area contributed by atoms with E-state index in [4.69, 9.17) is 4.74 Å². The fraction of sp³-hybridized carbons (Fsp3) is 0.350. The lowest BCUT2D eigenvalue weighted by molar-refractivity contribution is -0.127. The van der Waals surface area contributed by atoms with Crippen LogP contribution in [0.5, 0.6) is 11.5 Å². The normalized spacial score (nSPS) is 18.1. The number of para-hydroxylation sites is 1. The number of ether oxygens (including phenoxy) is 1. The molecular formula is C20H24N2O2. The molecule has 0 spiro atoms. The van der Waals surface area contributed by atoms with Crippen LogP contribution >= 0.6 is 0 Å². The van der Waals surface area contributed by atoms with Crippen LogP contribution in [0.4, 0.5) is 0 Å². The first-order valence-electron chi connectivity index (χ1n) is 8.54. The van der Waals surface area contributed by atoms with Gasteiger partial charge in [-0.25, -0.2) is 0 Å². The second kappa shape index (κ2) is 7.97. The van der Waals surface area contributed by atoms with Crippen LogP contribution in [-0.2, 0) is 11.3 Å². The maximum atomic E-state index is 12.1. The zero-order valence-corrected chi connectivity index (χ0v) is 14.1. The first kappa shape index (κ1) is 16.5. The Morgan fingerprint density at radius 1 is 1.12 bits per heavy atom. The van der Waals surface area contributed by atoms with Crippen LogP contribution in [-0.4, -0.2) is 30.4 Å². The van der Waals surface area contributed by atoms with E-state index in [9.17, 15) is 4.79 Å². The lowest BCUT2D eigenvalue weighted by Gasteiger charge is -2.34. The highest BCUT2D eigenvalue weighted by Gasteiger charge is 2.27. The summed E-state index contributed by atoms with van der Waals surface area (Å²) >= 11 is 0. The summed E-state index contributed by atoms with van der Waals surface area (Å²) in [6, 6.07) is 17.9. The largest absolute Gasteiger partial charge is 0.457 e. The maximum Gasteiger partial charge on any atom is 0.237 e. The molecule has 0 unspecified atom stereocenters. The van der Waals surface area contributed by atoms with Crippen molar-refractivity contribution in [3.8, 4) is 11.5 Å². The van der Waals surface area contributed by atoms with Crippen molar-refractivity contribution in [2.24, 2.45) is 0 Å². The van der Waals surface area contributed by atoms with Gasteiger partial charge < -0.3 is 10.1 Å². The van der Waals surface area contributed by atoms with E-state index in [1.807, 2.05) is 42.5 Å². The van der Waals surface area contributed by atoms with Gasteiger partial charge in [-0.1, -0.05) is 36.8 Å². The molecule has 0 aliphatic carbocycles. The molecule has 2 aromatic rings. The van der Waals surface area contributed by atoms with E-state index in [0.717, 1.165) is 43.9 Å². The fourth-order valence-electron chi connectivity index (χ4n) is 3.21. The minimum atomic E-state index is -0.0255. The van der Waals surface area contributed by atoms with Crippen LogP contribution in [0.15, 0.2) is 54.6 Å². The van der Waals surface area contributed by atoms with Crippen molar-refractivity contribution in [2.45, 2.75) is 31.8 Å². The Morgan fingerprint density at radius 2 is 1.92 bits per heavy atom. The van der Waals surface area contributed by atoms with Crippen molar-refractivity contribution in [1.29, 1.82) is 0 Å². The van der Waals surface area contributed by atoms with E-state index in [2.05, 4.69) is 22.3 Å². The number of likely N-dealkylation sites (N-methyl/N-ethyl adjacent to an activating group) is 1. The number of hydrogen-bond donors (Lipinski definition) is 1. The Bertz CT molecular complexity index is 672. The first-order valence-corrected chi connectivity index (χ1v) is 8.54. The molecule has 0 radical (unpaired) electrons. The Hall–Kier alpha value is -2.33. The number of nitrogens with zero attached hydrogens (tertiary/aromatic N) is 1. The van der Waals surface area contributed by atoms with Crippen LogP contribution in [0, 0.1) is 0 Å². The lowest BCUT2D eigenvalue weighted by atomic mass is 10.0. The number of carbonyl (C=O) groups is 1. The highest BCUT2D eigenvalue weighted by atomic mass is 16.5. The van der Waals surface area contributed by atoms with E-state index < -0.39 is 0 Å². The van der Waals surface area contributed by atoms with Crippen LogP contribution in [0.3, 0.4) is 0 Å². The second-order valence-corrected chi connectivity index (χ2v) is 6.16. The van der Waals surface area contributed by atoms with Gasteiger partial charge in [-0.2, -0.15) is 0 Å². The molecule has 2 aromatic carbocycles. The molecule has 4 heteroatoms. The second-order valence-electron chi connectivity index (χ2n) is 6.16. The number of piperidine rings is 1. The molecule has 24 heavy (non-hydrogen) atoms. The molecule has 3 rings (SSSR count). The number of amides is 1. The van der Waals surface area contributed by atoms with Gasteiger partial charge in [-0.15, -0.1) is 0 Å². The molecule has 1 amide bonds. The van der Waals surface area contributed by atoms with Gasteiger partial charge in [0, 0.05) is 13.6 Å². The van der Waals surface area contributed by atoms with E-state index in [1.165, 1.54) is 5.56 Å². The van der Waals surface area contributed by atoms with Crippen molar-refractivity contribution in [3.05, 3.63) is 60.2 Å². The molecule has 0 aromatic heterocycles. The molecule has 126 valence electrons. The number of nitrogens with one attached hydrogen (secondary N) is 1. The summed E-state index contributed by atoms with van der Waals surface area (Å²) in [6.07, 6.45) is 3.19. The van der Waals surface area contributed by atoms with Gasteiger partial charge in [0.15, 0.2) is 0 Å². The van der Waals surface area contributed by atoms with Crippen LogP contribution in [0.1, 0.15) is 24.8 Å². The minimum absolute atomic E-state index is 0.0255. The molecule has 4 nitrogen and oxygen atoms in total. The predicted octanol–water partition coefficient (Wildman–Crippen LogP) is 3.58. The summed E-state index contributed by atoms with van der Waals surface area (Å²) in [5, 5.41) is 2.79. The van der Waals surface area contributed by atoms with E-state index in [-0.39, 0.29) is 11.9 Å². The molecule has 0 bridgehead atoms. The van der Waals surface area contributed by atoms with Crippen molar-refractivity contribution in [2.75, 3.05) is 13.6 Å². The smallest absolute Gasteiger partial charge is 0.237 e. The van der Waals surface area contributed by atoms with Gasteiger partial charge in [0.1, 0.15) is 11.5 Å². The topological polar surface area (TPSA) is 41.6 Å². The van der Waals surface area contributed by atoms with Gasteiger partial charge in [0.25, 0.3) is 0 Å². The van der Waals surface area contributed by atoms with Crippen molar-refractivity contribution >= 4 is 5.91 Å². The minimum Gasteiger partial charge on any atom is -0.457 e. The van der Waals surface area contributed by atoms with Crippen LogP contribution < -0.4 is 10.1 Å². The van der Waals surface area contributed by atoms with E-state index in [0.29, 0.717) is 0 Å². The van der Waals surface area contributed by atoms with Gasteiger partial charge in [-0.05, 0) is 49.2 Å². The third kappa shape index (κ3) is 4.15. The summed E-state index contributed by atoms with van der Waals surface area (Å²) in [4.78, 5) is 14.4. The Labute approximate surface area is 143 Å². The van der Waals surface area contributed by atoms with Crippen molar-refractivity contribution in [3.63, 3.8) is 0 Å². The molecule has 0 saturated carbocycles. The van der Waals surface area contributed by atoms with Crippen LogP contribution in [0.25, 0.3) is 0 Å². The van der Waals surface area contributed by atoms with Crippen molar-refractivity contribution in [1.82, 2.24) is 10.2 Å². The maximum absolute atomic E-state index is 12.1. The summed E-state index contributed by atoms with van der Waals surface area (Å²) < 4.78 is 5.91. The monoisotopic (exact) mass is 324 g/mol. The van der Waals surface area contributed by atoms with Gasteiger partial charge >= 0.3 is 0 Å². The molecule has 1 fully saturated rings. The number of rotatable bonds is 5. The highest BCUT2D eigenvalue weighted by Crippen LogP contribution is 2.24. The summed E-state index contributed by atoms with van der Waals surface area (Å²) in [7, 11) is 1.71. The molecule has 1 atom stereocenters. The summed E-state index contributed by atoms with van der Waals surface area (Å²) in [5.74, 6) is 1.77. The summed E-state index contributed by atoms with van der Waals surface area (Å²) in [6.45, 7) is 1.73. The molecule has 1 aliphatic heterocycles. The average Bonchev–Trinajstić information content (AvgIpc) is 2.63. The molecule has 1 aliphatic rings. The number of hydrogen-bond acceptors (Lipinski definition) is 3. The standard InChI is InChI=1S/C20H24N2O2/c1-21-20(23)19-12-5-6-13-22(19)15-16-8-7-11-18(14-16)24-17-9-3-2-4-10-17/h2-4,7-11,14,19H,5-6,12-13,15H2,1H3,(H,21,23)/t19-/m0/s1. The number of benzene rings is 2. The van der Waals surface area contributed by atoms with Gasteiger partial charge in [0.05, 0.1) is 6.04 Å². The SMILES string of the molecule is CNC(=O)[C@@H]1CCCCN1Cc1cccc(Oc2ccccc2)c1. The molecule has 1 saturated heterocycles.